The maximum Gasteiger partial charge on any atom is 0.251 e. The number of amides is 1. The summed E-state index contributed by atoms with van der Waals surface area (Å²) in [5.74, 6) is 1.36. The average Bonchev–Trinajstić information content (AvgIpc) is 2.36. The lowest BCUT2D eigenvalue weighted by molar-refractivity contribution is 0.0891. The van der Waals surface area contributed by atoms with E-state index in [1.165, 1.54) is 18.4 Å². The lowest BCUT2D eigenvalue weighted by Crippen LogP contribution is -2.43. The number of aryl methyl sites for hydroxylation is 1. The highest BCUT2D eigenvalue weighted by atomic mass is 16.1. The Morgan fingerprint density at radius 1 is 1.17 bits per heavy atom. The van der Waals surface area contributed by atoms with Crippen LogP contribution < -0.4 is 5.32 Å². The van der Waals surface area contributed by atoms with Gasteiger partial charge in [0.15, 0.2) is 0 Å². The van der Waals surface area contributed by atoms with Crippen molar-refractivity contribution in [2.45, 2.75) is 46.1 Å². The van der Waals surface area contributed by atoms with Crippen LogP contribution in [-0.2, 0) is 0 Å². The van der Waals surface area contributed by atoms with Crippen LogP contribution in [-0.4, -0.2) is 11.9 Å². The maximum absolute atomic E-state index is 12.2. The Morgan fingerprint density at radius 2 is 1.83 bits per heavy atom. The third-order valence-electron chi connectivity index (χ3n) is 4.34. The zero-order chi connectivity index (χ0) is 13.1. The molecule has 1 N–H and O–H groups in total. The van der Waals surface area contributed by atoms with Crippen LogP contribution in [0.15, 0.2) is 24.3 Å². The number of carbonyl (C=O) groups is 1. The van der Waals surface area contributed by atoms with Crippen LogP contribution in [0, 0.1) is 18.8 Å². The van der Waals surface area contributed by atoms with Crippen LogP contribution in [0.2, 0.25) is 0 Å². The van der Waals surface area contributed by atoms with Crippen LogP contribution in [0.1, 0.15) is 49.0 Å². The number of nitrogens with one attached hydrogen (secondary N) is 1. The molecule has 0 saturated heterocycles. The van der Waals surface area contributed by atoms with Gasteiger partial charge in [-0.3, -0.25) is 4.79 Å². The van der Waals surface area contributed by atoms with Crippen molar-refractivity contribution in [3.63, 3.8) is 0 Å². The van der Waals surface area contributed by atoms with E-state index in [-0.39, 0.29) is 5.91 Å². The fourth-order valence-corrected chi connectivity index (χ4v) is 2.74. The molecule has 1 aliphatic rings. The van der Waals surface area contributed by atoms with Gasteiger partial charge in [-0.25, -0.2) is 0 Å². The second-order valence-electron chi connectivity index (χ2n) is 5.71. The van der Waals surface area contributed by atoms with E-state index in [2.05, 4.69) is 19.2 Å². The first kappa shape index (κ1) is 13.1. The lowest BCUT2D eigenvalue weighted by Gasteiger charge is -2.34. The zero-order valence-corrected chi connectivity index (χ0v) is 11.6. The number of benzene rings is 1. The van der Waals surface area contributed by atoms with Crippen molar-refractivity contribution in [3.05, 3.63) is 35.4 Å². The van der Waals surface area contributed by atoms with Gasteiger partial charge in [0.05, 0.1) is 0 Å². The molecule has 3 atom stereocenters. The molecule has 1 amide bonds. The van der Waals surface area contributed by atoms with E-state index in [9.17, 15) is 4.79 Å². The molecule has 0 heterocycles. The van der Waals surface area contributed by atoms with Crippen molar-refractivity contribution in [3.8, 4) is 0 Å². The molecular weight excluding hydrogens is 222 g/mol. The summed E-state index contributed by atoms with van der Waals surface area (Å²) in [5, 5.41) is 3.20. The first-order chi connectivity index (χ1) is 8.58. The van der Waals surface area contributed by atoms with Crippen LogP contribution in [0.5, 0.6) is 0 Å². The van der Waals surface area contributed by atoms with Crippen LogP contribution in [0.4, 0.5) is 0 Å². The lowest BCUT2D eigenvalue weighted by atomic mass is 9.78. The highest BCUT2D eigenvalue weighted by molar-refractivity contribution is 5.94. The summed E-state index contributed by atoms with van der Waals surface area (Å²) < 4.78 is 0. The van der Waals surface area contributed by atoms with Crippen molar-refractivity contribution < 1.29 is 4.79 Å². The van der Waals surface area contributed by atoms with Crippen molar-refractivity contribution in [2.75, 3.05) is 0 Å². The summed E-state index contributed by atoms with van der Waals surface area (Å²) in [6, 6.07) is 8.12. The van der Waals surface area contributed by atoms with Gasteiger partial charge in [0.2, 0.25) is 0 Å². The molecule has 0 unspecified atom stereocenters. The Bertz CT molecular complexity index is 410. The minimum Gasteiger partial charge on any atom is -0.349 e. The van der Waals surface area contributed by atoms with E-state index in [0.717, 1.165) is 12.0 Å². The molecule has 0 aromatic heterocycles. The fraction of sp³-hybridized carbons (Fsp3) is 0.562. The van der Waals surface area contributed by atoms with Crippen molar-refractivity contribution in [2.24, 2.45) is 11.8 Å². The van der Waals surface area contributed by atoms with Gasteiger partial charge >= 0.3 is 0 Å². The molecule has 2 nitrogen and oxygen atoms in total. The van der Waals surface area contributed by atoms with Crippen molar-refractivity contribution >= 4 is 5.91 Å². The Morgan fingerprint density at radius 3 is 2.50 bits per heavy atom. The van der Waals surface area contributed by atoms with Gasteiger partial charge in [0.1, 0.15) is 0 Å². The predicted octanol–water partition coefficient (Wildman–Crippen LogP) is 3.55. The molecule has 1 saturated carbocycles. The monoisotopic (exact) mass is 245 g/mol. The average molecular weight is 245 g/mol. The zero-order valence-electron chi connectivity index (χ0n) is 11.6. The Kier molecular flexibility index (Phi) is 4.05. The van der Waals surface area contributed by atoms with E-state index in [1.54, 1.807) is 0 Å². The molecule has 18 heavy (non-hydrogen) atoms. The summed E-state index contributed by atoms with van der Waals surface area (Å²) in [4.78, 5) is 12.2. The van der Waals surface area contributed by atoms with Crippen molar-refractivity contribution in [1.29, 1.82) is 0 Å². The summed E-state index contributed by atoms with van der Waals surface area (Å²) >= 11 is 0. The molecule has 1 fully saturated rings. The van der Waals surface area contributed by atoms with E-state index < -0.39 is 0 Å². The van der Waals surface area contributed by atoms with Gasteiger partial charge in [-0.2, -0.15) is 0 Å². The van der Waals surface area contributed by atoms with E-state index >= 15 is 0 Å². The first-order valence-electron chi connectivity index (χ1n) is 6.95. The first-order valence-corrected chi connectivity index (χ1v) is 6.95. The standard InChI is InChI=1S/C16H23NO/c1-11-7-9-14(10-8-11)16(18)17-15-6-4-5-12(2)13(15)3/h7-10,12-13,15H,4-6H2,1-3H3,(H,17,18)/t12-,13+,15+/m1/s1. The normalized spacial score (nSPS) is 27.8. The number of carbonyl (C=O) groups excluding carboxylic acids is 1. The third kappa shape index (κ3) is 2.92. The molecule has 2 heteroatoms. The molecular formula is C16H23NO. The minimum absolute atomic E-state index is 0.0703. The van der Waals surface area contributed by atoms with E-state index in [4.69, 9.17) is 0 Å². The van der Waals surface area contributed by atoms with Gasteiger partial charge in [0.25, 0.3) is 5.91 Å². The van der Waals surface area contributed by atoms with Gasteiger partial charge in [0, 0.05) is 11.6 Å². The second-order valence-corrected chi connectivity index (χ2v) is 5.71. The summed E-state index contributed by atoms with van der Waals surface area (Å²) in [6.07, 6.45) is 3.63. The van der Waals surface area contributed by atoms with Gasteiger partial charge in [-0.05, 0) is 37.3 Å². The molecule has 2 rings (SSSR count). The van der Waals surface area contributed by atoms with Crippen molar-refractivity contribution in [1.82, 2.24) is 5.32 Å². The Labute approximate surface area is 110 Å². The highest BCUT2D eigenvalue weighted by Crippen LogP contribution is 2.29. The molecule has 1 aromatic carbocycles. The van der Waals surface area contributed by atoms with Crippen LogP contribution >= 0.6 is 0 Å². The molecule has 1 aliphatic carbocycles. The SMILES string of the molecule is Cc1ccc(C(=O)N[C@H]2CCC[C@@H](C)[C@@H]2C)cc1. The van der Waals surface area contributed by atoms with Gasteiger partial charge in [-0.15, -0.1) is 0 Å². The molecule has 0 radical (unpaired) electrons. The maximum atomic E-state index is 12.2. The molecule has 0 spiro atoms. The fourth-order valence-electron chi connectivity index (χ4n) is 2.74. The van der Waals surface area contributed by atoms with Crippen LogP contribution in [0.3, 0.4) is 0 Å². The predicted molar refractivity (Wildman–Crippen MR) is 74.6 cm³/mol. The van der Waals surface area contributed by atoms with E-state index in [1.807, 2.05) is 31.2 Å². The van der Waals surface area contributed by atoms with E-state index in [0.29, 0.717) is 17.9 Å². The molecule has 1 aromatic rings. The summed E-state index contributed by atoms with van der Waals surface area (Å²) in [7, 11) is 0. The number of rotatable bonds is 2. The van der Waals surface area contributed by atoms with Gasteiger partial charge < -0.3 is 5.32 Å². The molecule has 0 aliphatic heterocycles. The smallest absolute Gasteiger partial charge is 0.251 e. The van der Waals surface area contributed by atoms with Gasteiger partial charge in [-0.1, -0.05) is 44.4 Å². The number of hydrogen-bond donors (Lipinski definition) is 1. The topological polar surface area (TPSA) is 29.1 Å². The second kappa shape index (κ2) is 5.55. The minimum atomic E-state index is 0.0703. The molecule has 0 bridgehead atoms. The summed E-state index contributed by atoms with van der Waals surface area (Å²) in [5.41, 5.74) is 1.96. The molecule has 98 valence electrons. The quantitative estimate of drug-likeness (QED) is 0.848. The Hall–Kier alpha value is -1.31. The highest BCUT2D eigenvalue weighted by Gasteiger charge is 2.28. The Balaban J connectivity index is 2.00. The largest absolute Gasteiger partial charge is 0.349 e. The third-order valence-corrected chi connectivity index (χ3v) is 4.34. The summed E-state index contributed by atoms with van der Waals surface area (Å²) in [6.45, 7) is 6.57. The number of hydrogen-bond acceptors (Lipinski definition) is 1. The van der Waals surface area contributed by atoms with Crippen LogP contribution in [0.25, 0.3) is 0 Å².